The maximum Gasteiger partial charge on any atom is 0.194 e. The second-order valence-electron chi connectivity index (χ2n) is 5.32. The summed E-state index contributed by atoms with van der Waals surface area (Å²) < 4.78 is 40.2. The minimum atomic E-state index is -1.71. The van der Waals surface area contributed by atoms with Gasteiger partial charge in [0.2, 0.25) is 0 Å². The van der Waals surface area contributed by atoms with E-state index in [4.69, 9.17) is 11.5 Å². The van der Waals surface area contributed by atoms with Gasteiger partial charge in [0.25, 0.3) is 0 Å². The van der Waals surface area contributed by atoms with Gasteiger partial charge in [0.05, 0.1) is 0 Å². The topological polar surface area (TPSA) is 110 Å². The number of hydrogen-bond acceptors (Lipinski definition) is 5. The summed E-state index contributed by atoms with van der Waals surface area (Å²) in [4.78, 5) is 11.9. The summed E-state index contributed by atoms with van der Waals surface area (Å²) in [7, 11) is 0. The molecule has 9 heteroatoms. The number of aliphatic imine (C=N–C) groups is 1. The minimum Gasteiger partial charge on any atom is -0.402 e. The quantitative estimate of drug-likeness (QED) is 0.444. The lowest BCUT2D eigenvalue weighted by atomic mass is 10.1. The van der Waals surface area contributed by atoms with Gasteiger partial charge in [0.1, 0.15) is 11.9 Å². The van der Waals surface area contributed by atoms with E-state index in [-0.39, 0.29) is 17.5 Å². The number of nitrogens with zero attached hydrogens (tertiary/aromatic N) is 3. The Bertz CT molecular complexity index is 863. The Morgan fingerprint density at radius 1 is 1.20 bits per heavy atom. The van der Waals surface area contributed by atoms with Crippen LogP contribution in [0.15, 0.2) is 35.0 Å². The number of hydrogen-bond donors (Lipinski definition) is 3. The van der Waals surface area contributed by atoms with E-state index in [0.29, 0.717) is 17.5 Å². The molecule has 0 saturated heterocycles. The SMILES string of the molecule is C/C(N)=C/C(N)=Nc1cc(C)nc(C(O)c2ccc(F)c(F)c2F)n1. The Morgan fingerprint density at radius 2 is 1.88 bits per heavy atom. The Kier molecular flexibility index (Phi) is 5.38. The number of benzene rings is 1. The van der Waals surface area contributed by atoms with Crippen molar-refractivity contribution in [2.75, 3.05) is 0 Å². The predicted octanol–water partition coefficient (Wildman–Crippen LogP) is 2.14. The standard InChI is InChI=1S/C16H16F3N5O/c1-7(20)5-11(21)23-12-6-8(2)22-16(24-12)15(25)9-3-4-10(17)14(19)13(9)18/h3-6,15,25H,20H2,1-2H3,(H2,21,22,23,24)/b7-5-. The van der Waals surface area contributed by atoms with Gasteiger partial charge in [-0.05, 0) is 32.1 Å². The number of rotatable bonds is 4. The van der Waals surface area contributed by atoms with Gasteiger partial charge in [-0.25, -0.2) is 28.1 Å². The molecule has 0 aliphatic heterocycles. The third-order valence-corrected chi connectivity index (χ3v) is 3.08. The molecule has 132 valence electrons. The number of aliphatic hydroxyl groups excluding tert-OH is 1. The van der Waals surface area contributed by atoms with Crippen LogP contribution in [0.2, 0.25) is 0 Å². The average molecular weight is 351 g/mol. The van der Waals surface area contributed by atoms with E-state index in [0.717, 1.165) is 6.07 Å². The van der Waals surface area contributed by atoms with Crippen molar-refractivity contribution in [2.24, 2.45) is 16.5 Å². The van der Waals surface area contributed by atoms with Crippen LogP contribution in [0.3, 0.4) is 0 Å². The molecule has 5 N–H and O–H groups in total. The lowest BCUT2D eigenvalue weighted by Gasteiger charge is -2.12. The van der Waals surface area contributed by atoms with Crippen LogP contribution in [0, 0.1) is 24.4 Å². The molecule has 0 aliphatic carbocycles. The normalized spacial score (nSPS) is 13.8. The predicted molar refractivity (Wildman–Crippen MR) is 86.4 cm³/mol. The van der Waals surface area contributed by atoms with Crippen LogP contribution in [-0.4, -0.2) is 20.9 Å². The van der Waals surface area contributed by atoms with Gasteiger partial charge in [0.15, 0.2) is 29.1 Å². The number of halogens is 3. The number of aromatic nitrogens is 2. The molecule has 1 aromatic carbocycles. The Balaban J connectivity index is 2.47. The molecule has 0 spiro atoms. The van der Waals surface area contributed by atoms with Crippen LogP contribution in [-0.2, 0) is 0 Å². The molecular weight excluding hydrogens is 335 g/mol. The largest absolute Gasteiger partial charge is 0.402 e. The molecule has 1 unspecified atom stereocenters. The molecule has 0 fully saturated rings. The lowest BCUT2D eigenvalue weighted by molar-refractivity contribution is 0.202. The number of nitrogens with two attached hydrogens (primary N) is 2. The molecule has 2 rings (SSSR count). The highest BCUT2D eigenvalue weighted by molar-refractivity contribution is 5.93. The maximum absolute atomic E-state index is 13.9. The van der Waals surface area contributed by atoms with Gasteiger partial charge in [-0.1, -0.05) is 0 Å². The fourth-order valence-corrected chi connectivity index (χ4v) is 2.04. The second-order valence-corrected chi connectivity index (χ2v) is 5.32. The lowest BCUT2D eigenvalue weighted by Crippen LogP contribution is -2.12. The average Bonchev–Trinajstić information content (AvgIpc) is 2.50. The highest BCUT2D eigenvalue weighted by Gasteiger charge is 2.23. The van der Waals surface area contributed by atoms with Gasteiger partial charge >= 0.3 is 0 Å². The fourth-order valence-electron chi connectivity index (χ4n) is 2.04. The number of aliphatic hydroxyl groups is 1. The molecule has 6 nitrogen and oxygen atoms in total. The van der Waals surface area contributed by atoms with Gasteiger partial charge in [0, 0.05) is 23.0 Å². The molecule has 0 aliphatic rings. The zero-order valence-electron chi connectivity index (χ0n) is 13.5. The summed E-state index contributed by atoms with van der Waals surface area (Å²) in [6, 6.07) is 3.10. The van der Waals surface area contributed by atoms with Crippen molar-refractivity contribution in [2.45, 2.75) is 20.0 Å². The molecule has 0 bridgehead atoms. The van der Waals surface area contributed by atoms with E-state index < -0.39 is 29.1 Å². The van der Waals surface area contributed by atoms with Crippen molar-refractivity contribution in [1.29, 1.82) is 0 Å². The third-order valence-electron chi connectivity index (χ3n) is 3.08. The van der Waals surface area contributed by atoms with Crippen LogP contribution in [0.4, 0.5) is 19.0 Å². The van der Waals surface area contributed by atoms with Crippen LogP contribution in [0.1, 0.15) is 30.1 Å². The van der Waals surface area contributed by atoms with Crippen molar-refractivity contribution in [3.05, 3.63) is 64.5 Å². The molecule has 0 amide bonds. The number of allylic oxidation sites excluding steroid dienone is 1. The smallest absolute Gasteiger partial charge is 0.194 e. The monoisotopic (exact) mass is 351 g/mol. The van der Waals surface area contributed by atoms with E-state index in [1.807, 2.05) is 0 Å². The molecule has 1 heterocycles. The number of aryl methyl sites for hydroxylation is 1. The highest BCUT2D eigenvalue weighted by Crippen LogP contribution is 2.26. The van der Waals surface area contributed by atoms with Crippen molar-refractivity contribution in [1.82, 2.24) is 9.97 Å². The third kappa shape index (κ3) is 4.32. The molecule has 0 radical (unpaired) electrons. The van der Waals surface area contributed by atoms with Gasteiger partial charge in [-0.15, -0.1) is 0 Å². The van der Waals surface area contributed by atoms with E-state index >= 15 is 0 Å². The zero-order chi connectivity index (χ0) is 18.7. The first-order valence-corrected chi connectivity index (χ1v) is 7.14. The highest BCUT2D eigenvalue weighted by atomic mass is 19.2. The van der Waals surface area contributed by atoms with E-state index in [9.17, 15) is 18.3 Å². The Hall–Kier alpha value is -2.94. The summed E-state index contributed by atoms with van der Waals surface area (Å²) in [5.74, 6) is -4.62. The van der Waals surface area contributed by atoms with Crippen LogP contribution >= 0.6 is 0 Å². The molecule has 0 saturated carbocycles. The van der Waals surface area contributed by atoms with Crippen LogP contribution in [0.25, 0.3) is 0 Å². The van der Waals surface area contributed by atoms with E-state index in [1.54, 1.807) is 13.8 Å². The first-order chi connectivity index (χ1) is 11.7. The van der Waals surface area contributed by atoms with Crippen molar-refractivity contribution in [3.8, 4) is 0 Å². The Labute approximate surface area is 141 Å². The molecular formula is C16H16F3N5O. The van der Waals surface area contributed by atoms with Gasteiger partial charge < -0.3 is 16.6 Å². The summed E-state index contributed by atoms with van der Waals surface area (Å²) in [6.07, 6.45) is -0.306. The first kappa shape index (κ1) is 18.4. The van der Waals surface area contributed by atoms with E-state index in [2.05, 4.69) is 15.0 Å². The van der Waals surface area contributed by atoms with Crippen molar-refractivity contribution in [3.63, 3.8) is 0 Å². The summed E-state index contributed by atoms with van der Waals surface area (Å²) in [6.45, 7) is 3.22. The molecule has 1 atom stereocenters. The van der Waals surface area contributed by atoms with Crippen molar-refractivity contribution < 1.29 is 18.3 Å². The molecule has 25 heavy (non-hydrogen) atoms. The molecule has 2 aromatic rings. The second kappa shape index (κ2) is 7.31. The Morgan fingerprint density at radius 3 is 2.52 bits per heavy atom. The maximum atomic E-state index is 13.9. The van der Waals surface area contributed by atoms with Crippen LogP contribution in [0.5, 0.6) is 0 Å². The summed E-state index contributed by atoms with van der Waals surface area (Å²) in [5.41, 5.74) is 11.5. The first-order valence-electron chi connectivity index (χ1n) is 7.14. The molecule has 1 aromatic heterocycles. The van der Waals surface area contributed by atoms with Crippen LogP contribution < -0.4 is 11.5 Å². The van der Waals surface area contributed by atoms with Gasteiger partial charge in [-0.2, -0.15) is 0 Å². The van der Waals surface area contributed by atoms with Crippen molar-refractivity contribution >= 4 is 11.7 Å². The minimum absolute atomic E-state index is 0.0672. The van der Waals surface area contributed by atoms with E-state index in [1.165, 1.54) is 12.1 Å². The number of amidine groups is 1. The summed E-state index contributed by atoms with van der Waals surface area (Å²) >= 11 is 0. The van der Waals surface area contributed by atoms with Gasteiger partial charge in [-0.3, -0.25) is 0 Å². The zero-order valence-corrected chi connectivity index (χ0v) is 13.5. The fraction of sp³-hybridized carbons (Fsp3) is 0.188. The summed E-state index contributed by atoms with van der Waals surface area (Å²) in [5, 5.41) is 10.3.